The van der Waals surface area contributed by atoms with Gasteiger partial charge >= 0.3 is 11.9 Å². The monoisotopic (exact) mass is 1210 g/mol. The van der Waals surface area contributed by atoms with Crippen molar-refractivity contribution in [2.75, 3.05) is 26.9 Å². The van der Waals surface area contributed by atoms with Crippen molar-refractivity contribution in [1.82, 2.24) is 0 Å². The molecule has 89 heavy (non-hydrogen) atoms. The van der Waals surface area contributed by atoms with E-state index in [-0.39, 0.29) is 67.6 Å². The van der Waals surface area contributed by atoms with Crippen LogP contribution in [0.25, 0.3) is 0 Å². The number of benzene rings is 8. The summed E-state index contributed by atoms with van der Waals surface area (Å²) in [5, 5.41) is 53.0. The molecule has 14 nitrogen and oxygen atoms in total. The normalized spacial score (nSPS) is 12.1. The second kappa shape index (κ2) is 43.2. The van der Waals surface area contributed by atoms with Crippen LogP contribution in [0.2, 0.25) is 0 Å². The third kappa shape index (κ3) is 33.4. The van der Waals surface area contributed by atoms with Crippen molar-refractivity contribution in [2.24, 2.45) is 29.2 Å². The summed E-state index contributed by atoms with van der Waals surface area (Å²) in [6.07, 6.45) is 6.82. The number of aliphatic hydroxyl groups is 3. The number of carbonyl (C=O) groups excluding carboxylic acids is 1. The molecule has 0 radical (unpaired) electrons. The van der Waals surface area contributed by atoms with Crippen molar-refractivity contribution in [2.45, 2.75) is 117 Å². The van der Waals surface area contributed by atoms with Crippen LogP contribution in [0, 0.1) is 17.8 Å². The molecule has 0 spiro atoms. The second-order valence-corrected chi connectivity index (χ2v) is 22.4. The highest BCUT2D eigenvalue weighted by Gasteiger charge is 2.12. The molecular weight excluding hydrogens is 1120 g/mol. The number of phenols is 2. The van der Waals surface area contributed by atoms with E-state index < -0.39 is 5.97 Å². The fourth-order valence-electron chi connectivity index (χ4n) is 9.13. The first-order valence-electron chi connectivity index (χ1n) is 30.5. The van der Waals surface area contributed by atoms with Crippen molar-refractivity contribution in [3.63, 3.8) is 0 Å². The number of hydrogen-bond donors (Lipinski definition) is 8. The molecule has 10 N–H and O–H groups in total. The van der Waals surface area contributed by atoms with Gasteiger partial charge in [-0.25, -0.2) is 0 Å². The summed E-state index contributed by atoms with van der Waals surface area (Å²) >= 11 is 0. The number of aliphatic hydroxyl groups excluding tert-OH is 3. The Hall–Kier alpha value is -8.50. The topological polar surface area (TPSA) is 244 Å². The van der Waals surface area contributed by atoms with E-state index in [1.54, 1.807) is 24.3 Å². The molecule has 0 aliphatic carbocycles. The lowest BCUT2D eigenvalue weighted by molar-refractivity contribution is -0.141. The van der Waals surface area contributed by atoms with Gasteiger partial charge in [-0.3, -0.25) is 9.59 Å². The minimum absolute atomic E-state index is 0.00505. The van der Waals surface area contributed by atoms with E-state index in [1.807, 2.05) is 171 Å². The molecule has 0 heterocycles. The number of phenolic OH excluding ortho intramolecular Hbond substituents is 2. The van der Waals surface area contributed by atoms with Crippen LogP contribution >= 0.6 is 0 Å². The van der Waals surface area contributed by atoms with E-state index >= 15 is 0 Å². The largest absolute Gasteiger partial charge is 0.508 e. The molecule has 0 saturated carbocycles. The Morgan fingerprint density at radius 3 is 0.944 bits per heavy atom. The average molecular weight is 1220 g/mol. The highest BCUT2D eigenvalue weighted by Crippen LogP contribution is 2.22. The number of carbonyl (C=O) groups is 2. The van der Waals surface area contributed by atoms with E-state index in [0.717, 1.165) is 83.6 Å². The predicted octanol–water partition coefficient (Wildman–Crippen LogP) is 13.0. The van der Waals surface area contributed by atoms with Gasteiger partial charge in [0.25, 0.3) is 0 Å². The Morgan fingerprint density at radius 1 is 0.371 bits per heavy atom. The summed E-state index contributed by atoms with van der Waals surface area (Å²) in [5.41, 5.74) is 20.7. The number of ether oxygens (including phenoxy) is 4. The lowest BCUT2D eigenvalue weighted by Crippen LogP contribution is -2.23. The molecule has 0 bridgehead atoms. The molecule has 476 valence electrons. The maximum atomic E-state index is 11.2. The lowest BCUT2D eigenvalue weighted by atomic mass is 9.98. The summed E-state index contributed by atoms with van der Waals surface area (Å²) in [6.45, 7) is 8.40. The highest BCUT2D eigenvalue weighted by atomic mass is 16.5. The zero-order chi connectivity index (χ0) is 64.4. The Morgan fingerprint density at radius 2 is 0.652 bits per heavy atom. The van der Waals surface area contributed by atoms with Gasteiger partial charge < -0.3 is 61.1 Å². The number of esters is 1. The molecule has 5 atom stereocenters. The van der Waals surface area contributed by atoms with Crippen LogP contribution in [0.5, 0.6) is 28.7 Å². The first kappa shape index (κ1) is 73.0. The highest BCUT2D eigenvalue weighted by molar-refractivity contribution is 5.69. The SMILES string of the molecule is COC(=O)C[C@@H](C)Cc1ccc(OCc2ccccc2)cc1.C[C@H](CC(=O)O)Cc1ccc(OCc2ccccc2)cc1.C[C@H](CCO)Cc1ccc(OCc2ccccc2)cc1.N[C@H](CCO)Cc1ccc(O)cc1.N[C@H](CCO)Cc1ccc(O)cc1. The van der Waals surface area contributed by atoms with E-state index in [2.05, 4.69) is 38.1 Å². The Labute approximate surface area is 527 Å². The van der Waals surface area contributed by atoms with Crippen molar-refractivity contribution in [1.29, 1.82) is 0 Å². The number of carboxylic acids is 1. The van der Waals surface area contributed by atoms with E-state index in [9.17, 15) is 9.59 Å². The Kier molecular flexibility index (Phi) is 35.4. The van der Waals surface area contributed by atoms with Crippen LogP contribution in [0.4, 0.5) is 0 Å². The molecule has 0 saturated heterocycles. The minimum atomic E-state index is -0.745. The van der Waals surface area contributed by atoms with Gasteiger partial charge in [0, 0.05) is 44.7 Å². The van der Waals surface area contributed by atoms with E-state index in [4.69, 9.17) is 61.1 Å². The Balaban J connectivity index is 0.000000242. The van der Waals surface area contributed by atoms with Gasteiger partial charge in [-0.15, -0.1) is 0 Å². The van der Waals surface area contributed by atoms with Gasteiger partial charge in [0.1, 0.15) is 48.6 Å². The van der Waals surface area contributed by atoms with Crippen LogP contribution < -0.4 is 25.7 Å². The van der Waals surface area contributed by atoms with Gasteiger partial charge in [0.05, 0.1) is 7.11 Å². The zero-order valence-electron chi connectivity index (χ0n) is 52.2. The van der Waals surface area contributed by atoms with E-state index in [0.29, 0.717) is 45.0 Å². The van der Waals surface area contributed by atoms with Crippen molar-refractivity contribution < 1.29 is 59.2 Å². The molecule has 0 unspecified atom stereocenters. The third-order valence-electron chi connectivity index (χ3n) is 14.0. The molecule has 8 rings (SSSR count). The molecule has 0 fully saturated rings. The first-order chi connectivity index (χ1) is 43.0. The molecule has 0 aliphatic rings. The maximum Gasteiger partial charge on any atom is 0.305 e. The van der Waals surface area contributed by atoms with Gasteiger partial charge in [0.15, 0.2) is 0 Å². The fourth-order valence-corrected chi connectivity index (χ4v) is 9.13. The molecule has 0 aromatic heterocycles. The first-order valence-corrected chi connectivity index (χ1v) is 30.5. The van der Waals surface area contributed by atoms with Crippen LogP contribution in [-0.2, 0) is 66.3 Å². The number of hydrogen-bond acceptors (Lipinski definition) is 13. The summed E-state index contributed by atoms with van der Waals surface area (Å²) in [4.78, 5) is 21.9. The van der Waals surface area contributed by atoms with Crippen LogP contribution in [0.15, 0.2) is 212 Å². The van der Waals surface area contributed by atoms with Gasteiger partial charge in [-0.05, 0) is 174 Å². The summed E-state index contributed by atoms with van der Waals surface area (Å²) in [5.74, 6) is 3.12. The van der Waals surface area contributed by atoms with Crippen LogP contribution in [0.3, 0.4) is 0 Å². The number of nitrogens with two attached hydrogens (primary N) is 2. The smallest absolute Gasteiger partial charge is 0.305 e. The number of rotatable bonds is 29. The van der Waals surface area contributed by atoms with Crippen LogP contribution in [-0.4, -0.2) is 81.6 Å². The number of methoxy groups -OCH3 is 1. The maximum absolute atomic E-state index is 11.2. The molecule has 8 aromatic carbocycles. The number of aliphatic carboxylic acids is 1. The summed E-state index contributed by atoms with van der Waals surface area (Å²) < 4.78 is 21.9. The minimum Gasteiger partial charge on any atom is -0.508 e. The lowest BCUT2D eigenvalue weighted by Gasteiger charge is -2.11. The van der Waals surface area contributed by atoms with Gasteiger partial charge in [0.2, 0.25) is 0 Å². The molecule has 0 amide bonds. The molecular formula is C75H94N2O12. The summed E-state index contributed by atoms with van der Waals surface area (Å²) in [7, 11) is 1.42. The zero-order valence-corrected chi connectivity index (χ0v) is 52.2. The molecule has 14 heteroatoms. The quantitative estimate of drug-likeness (QED) is 0.0203. The van der Waals surface area contributed by atoms with Gasteiger partial charge in [-0.2, -0.15) is 0 Å². The van der Waals surface area contributed by atoms with E-state index in [1.165, 1.54) is 23.8 Å². The molecule has 0 aliphatic heterocycles. The van der Waals surface area contributed by atoms with Crippen molar-refractivity contribution >= 4 is 11.9 Å². The van der Waals surface area contributed by atoms with Crippen molar-refractivity contribution in [3.05, 3.63) is 257 Å². The predicted molar refractivity (Wildman–Crippen MR) is 354 cm³/mol. The third-order valence-corrected chi connectivity index (χ3v) is 14.0. The van der Waals surface area contributed by atoms with Crippen LogP contribution in [0.1, 0.15) is 97.4 Å². The fraction of sp³-hybridized carbons (Fsp3) is 0.333. The molecule has 8 aromatic rings. The average Bonchev–Trinajstić information content (AvgIpc) is 3.63. The number of carboxylic acid groups (broad SMARTS) is 1. The van der Waals surface area contributed by atoms with Gasteiger partial charge in [-0.1, -0.05) is 172 Å². The standard InChI is InChI=1S/C19H22O3.C18H20O3.C18H22O2.2C10H15NO2/c1-15(13-19(20)21-2)12-16-8-10-18(11-9-16)22-14-17-6-4-3-5-7-17;1-14(12-18(19)20)11-15-7-9-17(10-8-15)21-13-16-5-3-2-4-6-16;1-15(11-12-19)13-16-7-9-18(10-8-16)20-14-17-5-3-2-4-6-17;2*11-9(5-6-12)7-8-1-3-10(13)4-2-8/h3-11,15H,12-14H2,1-2H3;2-10,14H,11-13H2,1H3,(H,19,20);2-10,15,19H,11-14H2,1H3;2*1-4,9,12-13H,5-7,11H2/t15-;14-;15-;2*9-/m00111/s1. The number of aromatic hydroxyl groups is 2. The Bertz CT molecular complexity index is 3020. The summed E-state index contributed by atoms with van der Waals surface area (Å²) in [6, 6.07) is 68.4. The van der Waals surface area contributed by atoms with Crippen molar-refractivity contribution in [3.8, 4) is 28.7 Å². The second-order valence-electron chi connectivity index (χ2n) is 22.4.